The van der Waals surface area contributed by atoms with E-state index in [9.17, 15) is 0 Å². The molecule has 3 aromatic carbocycles. The molecule has 2 atom stereocenters. The fourth-order valence-electron chi connectivity index (χ4n) is 3.10. The predicted octanol–water partition coefficient (Wildman–Crippen LogP) is 6.03. The van der Waals surface area contributed by atoms with Crippen LogP contribution < -0.4 is 0 Å². The largest absolute Gasteiger partial charge is 0.147 e. The third-order valence-electron chi connectivity index (χ3n) is 4.49. The van der Waals surface area contributed by atoms with Gasteiger partial charge in [-0.1, -0.05) is 97.9 Å². The zero-order chi connectivity index (χ0) is 15.4. The van der Waals surface area contributed by atoms with Crippen molar-refractivity contribution in [3.8, 4) is 0 Å². The molecule has 0 aromatic heterocycles. The van der Waals surface area contributed by atoms with E-state index in [0.717, 1.165) is 0 Å². The molecule has 0 aliphatic rings. The van der Waals surface area contributed by atoms with E-state index in [0.29, 0.717) is 5.92 Å². The molecule has 3 aromatic rings. The van der Waals surface area contributed by atoms with Gasteiger partial charge in [-0.05, 0) is 22.6 Å². The summed E-state index contributed by atoms with van der Waals surface area (Å²) in [4.78, 5) is 0. The maximum Gasteiger partial charge on any atom is 0.0409 e. The van der Waals surface area contributed by atoms with Crippen molar-refractivity contribution in [3.63, 3.8) is 0 Å². The van der Waals surface area contributed by atoms with Gasteiger partial charge in [-0.25, -0.2) is 0 Å². The summed E-state index contributed by atoms with van der Waals surface area (Å²) < 4.78 is 0. The van der Waals surface area contributed by atoms with Crippen molar-refractivity contribution in [1.82, 2.24) is 0 Å². The molecule has 0 N–H and O–H groups in total. The van der Waals surface area contributed by atoms with E-state index in [4.69, 9.17) is 0 Å². The highest BCUT2D eigenvalue weighted by atomic mass is 35.5. The topological polar surface area (TPSA) is 0 Å². The highest BCUT2D eigenvalue weighted by Gasteiger charge is 2.35. The quantitative estimate of drug-likeness (QED) is 0.508. The fraction of sp³-hybridized carbons (Fsp3) is 0.143. The Morgan fingerprint density at radius 1 is 0.652 bits per heavy atom. The molecule has 0 saturated carbocycles. The maximum atomic E-state index is 3.13. The lowest BCUT2D eigenvalue weighted by atomic mass is 9.77. The zero-order valence-corrected chi connectivity index (χ0v) is 15.2. The van der Waals surface area contributed by atoms with Crippen LogP contribution in [-0.4, -0.2) is 0 Å². The first kappa shape index (κ1) is 17.7. The smallest absolute Gasteiger partial charge is 0.0409 e. The summed E-state index contributed by atoms with van der Waals surface area (Å²) in [6, 6.07) is 32.3. The molecule has 0 nitrogen and oxygen atoms in total. The molecule has 0 bridgehead atoms. The molecule has 0 spiro atoms. The van der Waals surface area contributed by atoms with Gasteiger partial charge in [0.2, 0.25) is 0 Å². The predicted molar refractivity (Wildman–Crippen MR) is 105 cm³/mol. The summed E-state index contributed by atoms with van der Waals surface area (Å²) in [6.07, 6.45) is 0. The van der Waals surface area contributed by atoms with Crippen LogP contribution in [0.4, 0.5) is 0 Å². The summed E-state index contributed by atoms with van der Waals surface area (Å²) in [7, 11) is 3.13. The first-order valence-corrected chi connectivity index (χ1v) is 8.25. The average Bonchev–Trinajstić information content (AvgIpc) is 2.62. The van der Waals surface area contributed by atoms with Gasteiger partial charge >= 0.3 is 0 Å². The lowest BCUT2D eigenvalue weighted by molar-refractivity contribution is 0.603. The molecular formula is C21H22ClP. The van der Waals surface area contributed by atoms with Gasteiger partial charge in [0.1, 0.15) is 0 Å². The SMILES string of the molecule is CC(c1ccccc1)C(P)(c1ccccc1)c1ccccc1.Cl. The van der Waals surface area contributed by atoms with Crippen molar-refractivity contribution in [2.24, 2.45) is 0 Å². The van der Waals surface area contributed by atoms with Gasteiger partial charge < -0.3 is 0 Å². The molecule has 0 radical (unpaired) electrons. The molecule has 0 aliphatic heterocycles. The first-order valence-electron chi connectivity index (χ1n) is 7.68. The van der Waals surface area contributed by atoms with Crippen molar-refractivity contribution in [2.75, 3.05) is 0 Å². The molecular weight excluding hydrogens is 319 g/mol. The van der Waals surface area contributed by atoms with E-state index in [1.165, 1.54) is 16.7 Å². The van der Waals surface area contributed by atoms with Crippen LogP contribution >= 0.6 is 21.6 Å². The van der Waals surface area contributed by atoms with Crippen LogP contribution in [0.1, 0.15) is 29.5 Å². The Bertz CT molecular complexity index is 671. The summed E-state index contributed by atoms with van der Waals surface area (Å²) in [5.74, 6) is 0.350. The third-order valence-corrected chi connectivity index (χ3v) is 5.65. The van der Waals surface area contributed by atoms with Gasteiger partial charge in [-0.3, -0.25) is 0 Å². The second-order valence-electron chi connectivity index (χ2n) is 5.73. The normalized spacial score (nSPS) is 12.3. The fourth-order valence-corrected chi connectivity index (χ4v) is 3.68. The van der Waals surface area contributed by atoms with Crippen LogP contribution in [0.25, 0.3) is 0 Å². The van der Waals surface area contributed by atoms with Gasteiger partial charge in [-0.15, -0.1) is 21.6 Å². The van der Waals surface area contributed by atoms with Crippen LogP contribution in [0.5, 0.6) is 0 Å². The Balaban J connectivity index is 0.00000192. The molecule has 0 fully saturated rings. The van der Waals surface area contributed by atoms with Gasteiger partial charge in [0.05, 0.1) is 0 Å². The Labute approximate surface area is 147 Å². The minimum absolute atomic E-state index is 0. The van der Waals surface area contributed by atoms with Crippen molar-refractivity contribution in [3.05, 3.63) is 108 Å². The highest BCUT2D eigenvalue weighted by molar-refractivity contribution is 7.19. The van der Waals surface area contributed by atoms with E-state index in [2.05, 4.69) is 107 Å². The molecule has 3 rings (SSSR count). The number of rotatable bonds is 4. The first-order chi connectivity index (χ1) is 10.7. The molecule has 2 unspecified atom stereocenters. The standard InChI is InChI=1S/C21H21P.ClH/c1-17(18-11-5-2-6-12-18)21(22,19-13-7-3-8-14-19)20-15-9-4-10-16-20;/h2-17H,22H2,1H3;1H. The van der Waals surface area contributed by atoms with E-state index in [1.54, 1.807) is 0 Å². The van der Waals surface area contributed by atoms with Crippen molar-refractivity contribution < 1.29 is 0 Å². The zero-order valence-electron chi connectivity index (χ0n) is 13.2. The molecule has 118 valence electrons. The van der Waals surface area contributed by atoms with Crippen LogP contribution in [0.3, 0.4) is 0 Å². The Morgan fingerprint density at radius 2 is 1.00 bits per heavy atom. The number of halogens is 1. The summed E-state index contributed by atoms with van der Waals surface area (Å²) >= 11 is 0. The maximum absolute atomic E-state index is 3.13. The Morgan fingerprint density at radius 3 is 1.39 bits per heavy atom. The van der Waals surface area contributed by atoms with Crippen LogP contribution in [0.15, 0.2) is 91.0 Å². The molecule has 0 saturated heterocycles. The van der Waals surface area contributed by atoms with Crippen molar-refractivity contribution >= 4 is 21.6 Å². The minimum atomic E-state index is -0.135. The van der Waals surface area contributed by atoms with Gasteiger partial charge in [0.15, 0.2) is 0 Å². The third kappa shape index (κ3) is 3.50. The molecule has 0 aliphatic carbocycles. The van der Waals surface area contributed by atoms with Gasteiger partial charge in [-0.2, -0.15) is 0 Å². The number of benzene rings is 3. The van der Waals surface area contributed by atoms with Crippen LogP contribution in [0, 0.1) is 0 Å². The van der Waals surface area contributed by atoms with Crippen LogP contribution in [0.2, 0.25) is 0 Å². The van der Waals surface area contributed by atoms with Gasteiger partial charge in [0, 0.05) is 5.16 Å². The highest BCUT2D eigenvalue weighted by Crippen LogP contribution is 2.49. The molecule has 23 heavy (non-hydrogen) atoms. The molecule has 2 heteroatoms. The summed E-state index contributed by atoms with van der Waals surface area (Å²) in [6.45, 7) is 2.31. The van der Waals surface area contributed by atoms with Crippen LogP contribution in [-0.2, 0) is 5.16 Å². The van der Waals surface area contributed by atoms with Crippen molar-refractivity contribution in [1.29, 1.82) is 0 Å². The summed E-state index contributed by atoms with van der Waals surface area (Å²) in [5, 5.41) is -0.135. The Hall–Kier alpha value is -1.62. The van der Waals surface area contributed by atoms with E-state index >= 15 is 0 Å². The number of hydrogen-bond acceptors (Lipinski definition) is 0. The van der Waals surface area contributed by atoms with Crippen molar-refractivity contribution in [2.45, 2.75) is 18.0 Å². The van der Waals surface area contributed by atoms with E-state index < -0.39 is 0 Å². The minimum Gasteiger partial charge on any atom is -0.147 e. The molecule has 0 amide bonds. The second-order valence-corrected chi connectivity index (χ2v) is 6.64. The molecule has 0 heterocycles. The van der Waals surface area contributed by atoms with Gasteiger partial charge in [0.25, 0.3) is 0 Å². The van der Waals surface area contributed by atoms with E-state index in [-0.39, 0.29) is 17.6 Å². The summed E-state index contributed by atoms with van der Waals surface area (Å²) in [5.41, 5.74) is 4.00. The second kappa shape index (κ2) is 7.77. The number of hydrogen-bond donors (Lipinski definition) is 0. The monoisotopic (exact) mass is 340 g/mol. The Kier molecular flexibility index (Phi) is 5.99. The lowest BCUT2D eigenvalue weighted by Gasteiger charge is -2.37. The van der Waals surface area contributed by atoms with E-state index in [1.807, 2.05) is 0 Å². The average molecular weight is 341 g/mol. The lowest BCUT2D eigenvalue weighted by Crippen LogP contribution is -2.27.